The summed E-state index contributed by atoms with van der Waals surface area (Å²) in [6, 6.07) is 0.139. The monoisotopic (exact) mass is 277 g/mol. The van der Waals surface area contributed by atoms with Gasteiger partial charge in [0.15, 0.2) is 0 Å². The van der Waals surface area contributed by atoms with Gasteiger partial charge in [-0.1, -0.05) is 27.7 Å². The van der Waals surface area contributed by atoms with E-state index in [1.165, 1.54) is 6.20 Å². The van der Waals surface area contributed by atoms with E-state index in [-0.39, 0.29) is 18.2 Å². The molecule has 0 radical (unpaired) electrons. The predicted molar refractivity (Wildman–Crippen MR) is 68.7 cm³/mol. The molecular formula is C13H22F3N3. The minimum Gasteiger partial charge on any atom is -0.310 e. The van der Waals surface area contributed by atoms with Gasteiger partial charge in [-0.25, -0.2) is 0 Å². The molecule has 110 valence electrons. The van der Waals surface area contributed by atoms with Crippen LogP contribution in [-0.2, 0) is 19.3 Å². The molecule has 3 nitrogen and oxygen atoms in total. The molecule has 0 saturated heterocycles. The van der Waals surface area contributed by atoms with Crippen LogP contribution < -0.4 is 5.32 Å². The highest BCUT2D eigenvalue weighted by Gasteiger charge is 2.37. The molecule has 0 aliphatic heterocycles. The molecule has 0 bridgehead atoms. The Morgan fingerprint density at radius 1 is 1.26 bits per heavy atom. The van der Waals surface area contributed by atoms with Crippen molar-refractivity contribution in [2.75, 3.05) is 0 Å². The molecule has 1 aromatic heterocycles. The molecule has 0 amide bonds. The zero-order valence-electron chi connectivity index (χ0n) is 11.9. The summed E-state index contributed by atoms with van der Waals surface area (Å²) in [5.74, 6) is 0.350. The summed E-state index contributed by atoms with van der Waals surface area (Å²) in [7, 11) is 0. The Hall–Kier alpha value is -1.04. The van der Waals surface area contributed by atoms with E-state index < -0.39 is 11.9 Å². The summed E-state index contributed by atoms with van der Waals surface area (Å²) in [6.07, 6.45) is -2.36. The van der Waals surface area contributed by atoms with Crippen LogP contribution in [0.3, 0.4) is 0 Å². The van der Waals surface area contributed by atoms with Crippen molar-refractivity contribution in [3.05, 3.63) is 17.5 Å². The van der Waals surface area contributed by atoms with Crippen LogP contribution in [0.5, 0.6) is 0 Å². The lowest BCUT2D eigenvalue weighted by molar-refractivity contribution is -0.145. The lowest BCUT2D eigenvalue weighted by atomic mass is 10.1. The van der Waals surface area contributed by atoms with Crippen LogP contribution in [0, 0.1) is 5.92 Å². The van der Waals surface area contributed by atoms with E-state index in [1.807, 2.05) is 27.7 Å². The van der Waals surface area contributed by atoms with E-state index >= 15 is 0 Å². The number of hydrogen-bond acceptors (Lipinski definition) is 2. The van der Waals surface area contributed by atoms with Gasteiger partial charge in [0.1, 0.15) is 5.69 Å². The number of aromatic nitrogens is 2. The van der Waals surface area contributed by atoms with E-state index in [0.717, 1.165) is 4.68 Å². The van der Waals surface area contributed by atoms with E-state index in [4.69, 9.17) is 0 Å². The Morgan fingerprint density at radius 3 is 2.37 bits per heavy atom. The first kappa shape index (κ1) is 16.0. The second-order valence-corrected chi connectivity index (χ2v) is 5.46. The van der Waals surface area contributed by atoms with E-state index in [9.17, 15) is 13.2 Å². The second kappa shape index (κ2) is 6.41. The maximum atomic E-state index is 13.1. The van der Waals surface area contributed by atoms with Crippen LogP contribution in [-0.4, -0.2) is 15.8 Å². The molecule has 0 aromatic carbocycles. The summed E-state index contributed by atoms with van der Waals surface area (Å²) < 4.78 is 40.4. The predicted octanol–water partition coefficient (Wildman–Crippen LogP) is 3.45. The van der Waals surface area contributed by atoms with Gasteiger partial charge in [0, 0.05) is 24.7 Å². The molecule has 0 spiro atoms. The zero-order valence-corrected chi connectivity index (χ0v) is 11.9. The Labute approximate surface area is 112 Å². The number of hydrogen-bond donors (Lipinski definition) is 1. The highest BCUT2D eigenvalue weighted by Crippen LogP contribution is 2.32. The fourth-order valence-corrected chi connectivity index (χ4v) is 1.75. The van der Waals surface area contributed by atoms with Crippen LogP contribution in [0.15, 0.2) is 6.20 Å². The Kier molecular flexibility index (Phi) is 5.40. The van der Waals surface area contributed by atoms with Gasteiger partial charge >= 0.3 is 6.18 Å². The summed E-state index contributed by atoms with van der Waals surface area (Å²) >= 11 is 0. The van der Waals surface area contributed by atoms with Gasteiger partial charge in [-0.3, -0.25) is 4.68 Å². The van der Waals surface area contributed by atoms with Gasteiger partial charge in [-0.15, -0.1) is 0 Å². The standard InChI is InChI=1S/C13H22F3N3/c1-9(2)5-6-19-12(13(14,15)16)11(8-18-19)7-17-10(3)4/h8-10,17H,5-7H2,1-4H3. The number of rotatable bonds is 6. The maximum Gasteiger partial charge on any atom is 0.433 e. The first-order valence-corrected chi connectivity index (χ1v) is 6.57. The summed E-state index contributed by atoms with van der Waals surface area (Å²) in [4.78, 5) is 0. The first-order chi connectivity index (χ1) is 8.71. The Bertz CT molecular complexity index is 365. The van der Waals surface area contributed by atoms with E-state index in [1.54, 1.807) is 0 Å². The topological polar surface area (TPSA) is 29.9 Å². The van der Waals surface area contributed by atoms with Crippen LogP contribution in [0.25, 0.3) is 0 Å². The molecule has 0 saturated carbocycles. The summed E-state index contributed by atoms with van der Waals surface area (Å²) in [6.45, 7) is 8.26. The molecule has 1 aromatic rings. The van der Waals surface area contributed by atoms with E-state index in [0.29, 0.717) is 18.9 Å². The van der Waals surface area contributed by atoms with Crippen molar-refractivity contribution in [1.29, 1.82) is 0 Å². The van der Waals surface area contributed by atoms with Gasteiger partial charge in [0.2, 0.25) is 0 Å². The second-order valence-electron chi connectivity index (χ2n) is 5.46. The minimum atomic E-state index is -4.36. The van der Waals surface area contributed by atoms with Crippen LogP contribution in [0.2, 0.25) is 0 Å². The van der Waals surface area contributed by atoms with Crippen molar-refractivity contribution < 1.29 is 13.2 Å². The fourth-order valence-electron chi connectivity index (χ4n) is 1.75. The third kappa shape index (κ3) is 4.86. The maximum absolute atomic E-state index is 13.1. The van der Waals surface area contributed by atoms with E-state index in [2.05, 4.69) is 10.4 Å². The third-order valence-electron chi connectivity index (χ3n) is 2.80. The average Bonchev–Trinajstić information content (AvgIpc) is 2.66. The molecule has 0 aliphatic rings. The molecule has 1 N–H and O–H groups in total. The number of alkyl halides is 3. The summed E-state index contributed by atoms with van der Waals surface area (Å²) in [5, 5.41) is 6.89. The number of halogens is 3. The fraction of sp³-hybridized carbons (Fsp3) is 0.769. The molecule has 1 heterocycles. The quantitative estimate of drug-likeness (QED) is 0.863. The summed E-state index contributed by atoms with van der Waals surface area (Å²) in [5.41, 5.74) is -0.411. The lowest BCUT2D eigenvalue weighted by Gasteiger charge is -2.14. The van der Waals surface area contributed by atoms with Crippen molar-refractivity contribution in [3.63, 3.8) is 0 Å². The Morgan fingerprint density at radius 2 is 1.89 bits per heavy atom. The van der Waals surface area contributed by atoms with Crippen molar-refractivity contribution >= 4 is 0 Å². The van der Waals surface area contributed by atoms with Gasteiger partial charge in [0.25, 0.3) is 0 Å². The van der Waals surface area contributed by atoms with Gasteiger partial charge in [-0.2, -0.15) is 18.3 Å². The van der Waals surface area contributed by atoms with Crippen molar-refractivity contribution in [3.8, 4) is 0 Å². The highest BCUT2D eigenvalue weighted by atomic mass is 19.4. The average molecular weight is 277 g/mol. The smallest absolute Gasteiger partial charge is 0.310 e. The van der Waals surface area contributed by atoms with Crippen LogP contribution in [0.1, 0.15) is 45.4 Å². The molecule has 0 fully saturated rings. The molecular weight excluding hydrogens is 255 g/mol. The van der Waals surface area contributed by atoms with Crippen LogP contribution >= 0.6 is 0 Å². The molecule has 19 heavy (non-hydrogen) atoms. The molecule has 0 unspecified atom stereocenters. The number of nitrogens with one attached hydrogen (secondary N) is 1. The van der Waals surface area contributed by atoms with Crippen molar-refractivity contribution in [2.45, 2.75) is 59.4 Å². The number of nitrogens with zero attached hydrogens (tertiary/aromatic N) is 2. The Balaban J connectivity index is 2.92. The number of aryl methyl sites for hydroxylation is 1. The zero-order chi connectivity index (χ0) is 14.6. The van der Waals surface area contributed by atoms with Crippen LogP contribution in [0.4, 0.5) is 13.2 Å². The van der Waals surface area contributed by atoms with Gasteiger partial charge in [0.05, 0.1) is 6.20 Å². The van der Waals surface area contributed by atoms with Gasteiger partial charge in [-0.05, 0) is 12.3 Å². The highest BCUT2D eigenvalue weighted by molar-refractivity contribution is 5.20. The lowest BCUT2D eigenvalue weighted by Crippen LogP contribution is -2.24. The normalized spacial score (nSPS) is 12.7. The molecule has 6 heteroatoms. The minimum absolute atomic E-state index is 0.139. The molecule has 1 rings (SSSR count). The first-order valence-electron chi connectivity index (χ1n) is 6.57. The molecule has 0 aliphatic carbocycles. The molecule has 0 atom stereocenters. The van der Waals surface area contributed by atoms with Crippen molar-refractivity contribution in [2.24, 2.45) is 5.92 Å². The van der Waals surface area contributed by atoms with Crippen molar-refractivity contribution in [1.82, 2.24) is 15.1 Å². The van der Waals surface area contributed by atoms with Gasteiger partial charge < -0.3 is 5.32 Å². The largest absolute Gasteiger partial charge is 0.433 e. The SMILES string of the molecule is CC(C)CCn1ncc(CNC(C)C)c1C(F)(F)F. The third-order valence-corrected chi connectivity index (χ3v) is 2.80.